The van der Waals surface area contributed by atoms with E-state index in [1.54, 1.807) is 4.72 Å². The van der Waals surface area contributed by atoms with Gasteiger partial charge in [-0.3, -0.25) is 0 Å². The second-order valence-corrected chi connectivity index (χ2v) is 8.13. The van der Waals surface area contributed by atoms with E-state index in [0.717, 1.165) is 17.4 Å². The summed E-state index contributed by atoms with van der Waals surface area (Å²) in [7, 11) is -4.37. The SMILES string of the molecule is O=S(=O)(NCC(O)(c1cccc(C(F)(F)F)c1)C(F)(F)F)c1cccs1. The largest absolute Gasteiger partial charge is 0.422 e. The Morgan fingerprint density at radius 3 is 2.12 bits per heavy atom. The first-order valence-corrected chi connectivity index (χ1v) is 9.14. The third-order valence-electron chi connectivity index (χ3n) is 3.41. The highest BCUT2D eigenvalue weighted by atomic mass is 32.2. The molecule has 0 fully saturated rings. The minimum Gasteiger partial charge on any atom is -0.375 e. The van der Waals surface area contributed by atoms with E-state index < -0.39 is 45.6 Å². The molecule has 0 aliphatic carbocycles. The summed E-state index contributed by atoms with van der Waals surface area (Å²) in [6, 6.07) is 4.49. The normalized spacial score (nSPS) is 15.7. The molecular formula is C14H11F6NO3S2. The van der Waals surface area contributed by atoms with Gasteiger partial charge >= 0.3 is 12.4 Å². The predicted octanol–water partition coefficient (Wildman–Crippen LogP) is 3.50. The molecule has 2 N–H and O–H groups in total. The first kappa shape index (κ1) is 20.7. The van der Waals surface area contributed by atoms with Gasteiger partial charge in [0.2, 0.25) is 10.0 Å². The summed E-state index contributed by atoms with van der Waals surface area (Å²) in [4.78, 5) is 0. The molecule has 1 aromatic heterocycles. The Balaban J connectivity index is 2.41. The summed E-state index contributed by atoms with van der Waals surface area (Å²) >= 11 is 0.727. The first-order valence-electron chi connectivity index (χ1n) is 6.77. The lowest BCUT2D eigenvalue weighted by Gasteiger charge is -2.31. The first-order chi connectivity index (χ1) is 11.8. The summed E-state index contributed by atoms with van der Waals surface area (Å²) in [6.07, 6.45) is -10.4. The van der Waals surface area contributed by atoms with Crippen LogP contribution in [0.3, 0.4) is 0 Å². The Morgan fingerprint density at radius 2 is 1.62 bits per heavy atom. The van der Waals surface area contributed by atoms with Crippen molar-refractivity contribution in [1.29, 1.82) is 0 Å². The third kappa shape index (κ3) is 4.19. The van der Waals surface area contributed by atoms with E-state index in [1.807, 2.05) is 0 Å². The van der Waals surface area contributed by atoms with Crippen LogP contribution < -0.4 is 4.72 Å². The molecule has 0 aliphatic rings. The molecule has 0 aliphatic heterocycles. The highest BCUT2D eigenvalue weighted by Gasteiger charge is 2.55. The number of hydrogen-bond acceptors (Lipinski definition) is 4. The number of nitrogens with one attached hydrogen (secondary N) is 1. The van der Waals surface area contributed by atoms with Gasteiger partial charge in [0, 0.05) is 0 Å². The topological polar surface area (TPSA) is 66.4 Å². The average molecular weight is 419 g/mol. The minimum atomic E-state index is -5.44. The zero-order valence-corrected chi connectivity index (χ0v) is 14.2. The van der Waals surface area contributed by atoms with Gasteiger partial charge in [0.25, 0.3) is 0 Å². The van der Waals surface area contributed by atoms with Crippen molar-refractivity contribution >= 4 is 21.4 Å². The van der Waals surface area contributed by atoms with Crippen molar-refractivity contribution in [1.82, 2.24) is 4.72 Å². The molecule has 1 heterocycles. The fourth-order valence-electron chi connectivity index (χ4n) is 2.01. The summed E-state index contributed by atoms with van der Waals surface area (Å²) < 4.78 is 104. The van der Waals surface area contributed by atoms with Crippen molar-refractivity contribution in [2.75, 3.05) is 6.54 Å². The molecule has 26 heavy (non-hydrogen) atoms. The third-order valence-corrected chi connectivity index (χ3v) is 6.21. The van der Waals surface area contributed by atoms with Crippen LogP contribution in [0.5, 0.6) is 0 Å². The molecule has 1 unspecified atom stereocenters. The molecule has 12 heteroatoms. The maximum Gasteiger partial charge on any atom is 0.422 e. The molecule has 4 nitrogen and oxygen atoms in total. The van der Waals surface area contributed by atoms with Crippen molar-refractivity contribution in [2.24, 2.45) is 0 Å². The molecule has 0 spiro atoms. The van der Waals surface area contributed by atoms with Crippen molar-refractivity contribution in [3.05, 3.63) is 52.9 Å². The number of rotatable bonds is 5. The van der Waals surface area contributed by atoms with Crippen molar-refractivity contribution in [3.63, 3.8) is 0 Å². The molecule has 0 amide bonds. The minimum absolute atomic E-state index is 0.132. The molecule has 1 aromatic carbocycles. The monoisotopic (exact) mass is 419 g/mol. The van der Waals surface area contributed by atoms with E-state index in [4.69, 9.17) is 0 Å². The van der Waals surface area contributed by atoms with Crippen LogP contribution in [-0.2, 0) is 21.8 Å². The number of alkyl halides is 6. The highest BCUT2D eigenvalue weighted by Crippen LogP contribution is 2.40. The van der Waals surface area contributed by atoms with Crippen LogP contribution in [0.1, 0.15) is 11.1 Å². The average Bonchev–Trinajstić information content (AvgIpc) is 3.06. The number of aliphatic hydroxyl groups is 1. The Morgan fingerprint density at radius 1 is 1.00 bits per heavy atom. The number of thiophene rings is 1. The van der Waals surface area contributed by atoms with E-state index in [9.17, 15) is 39.9 Å². The Labute approximate surface area is 148 Å². The lowest BCUT2D eigenvalue weighted by Crippen LogP contribution is -2.51. The van der Waals surface area contributed by atoms with Crippen LogP contribution in [0.25, 0.3) is 0 Å². The summed E-state index contributed by atoms with van der Waals surface area (Å²) in [6.45, 7) is -1.59. The molecular weight excluding hydrogens is 408 g/mol. The van der Waals surface area contributed by atoms with Crippen LogP contribution in [-0.4, -0.2) is 26.2 Å². The smallest absolute Gasteiger partial charge is 0.375 e. The van der Waals surface area contributed by atoms with Gasteiger partial charge in [-0.1, -0.05) is 18.2 Å². The Kier molecular flexibility index (Phi) is 5.43. The quantitative estimate of drug-likeness (QED) is 0.730. The van der Waals surface area contributed by atoms with Crippen LogP contribution in [0.15, 0.2) is 46.0 Å². The molecule has 144 valence electrons. The van der Waals surface area contributed by atoms with Crippen LogP contribution in [0.2, 0.25) is 0 Å². The molecule has 2 rings (SSSR count). The van der Waals surface area contributed by atoms with Gasteiger partial charge in [-0.15, -0.1) is 11.3 Å². The fourth-order valence-corrected chi connectivity index (χ4v) is 4.10. The van der Waals surface area contributed by atoms with Crippen LogP contribution in [0.4, 0.5) is 26.3 Å². The molecule has 0 radical (unpaired) electrons. The maximum atomic E-state index is 13.4. The zero-order valence-electron chi connectivity index (χ0n) is 12.6. The van der Waals surface area contributed by atoms with E-state index in [-0.39, 0.29) is 10.3 Å². The Hall–Kier alpha value is -1.63. The molecule has 0 bridgehead atoms. The van der Waals surface area contributed by atoms with Crippen LogP contribution in [0, 0.1) is 0 Å². The Bertz CT molecular complexity index is 862. The van der Waals surface area contributed by atoms with Crippen molar-refractivity contribution in [2.45, 2.75) is 22.2 Å². The fraction of sp³-hybridized carbons (Fsp3) is 0.286. The molecule has 2 aromatic rings. The van der Waals surface area contributed by atoms with Gasteiger partial charge in [-0.25, -0.2) is 13.1 Å². The van der Waals surface area contributed by atoms with E-state index in [2.05, 4.69) is 0 Å². The van der Waals surface area contributed by atoms with Gasteiger partial charge in [-0.05, 0) is 29.1 Å². The molecule has 0 saturated heterocycles. The van der Waals surface area contributed by atoms with E-state index >= 15 is 0 Å². The van der Waals surface area contributed by atoms with Gasteiger partial charge in [0.15, 0.2) is 5.60 Å². The summed E-state index contributed by atoms with van der Waals surface area (Å²) in [5.74, 6) is 0. The molecule has 0 saturated carbocycles. The number of halogens is 6. The highest BCUT2D eigenvalue weighted by molar-refractivity contribution is 7.91. The lowest BCUT2D eigenvalue weighted by molar-refractivity contribution is -0.263. The van der Waals surface area contributed by atoms with Gasteiger partial charge in [0.1, 0.15) is 4.21 Å². The van der Waals surface area contributed by atoms with E-state index in [0.29, 0.717) is 18.2 Å². The maximum absolute atomic E-state index is 13.4. The van der Waals surface area contributed by atoms with Gasteiger partial charge in [-0.2, -0.15) is 26.3 Å². The summed E-state index contributed by atoms with van der Waals surface area (Å²) in [5, 5.41) is 11.4. The standard InChI is InChI=1S/C14H11F6NO3S2/c15-13(16,17)10-4-1-3-9(7-10)12(22,14(18,19)20)8-21-26(23,24)11-5-2-6-25-11/h1-7,21-22H,8H2. The second kappa shape index (κ2) is 6.83. The van der Waals surface area contributed by atoms with Gasteiger partial charge in [0.05, 0.1) is 12.1 Å². The number of benzene rings is 1. The summed E-state index contributed by atoms with van der Waals surface area (Å²) in [5.41, 5.74) is -6.38. The van der Waals surface area contributed by atoms with Crippen molar-refractivity contribution < 1.29 is 39.9 Å². The van der Waals surface area contributed by atoms with Crippen LogP contribution >= 0.6 is 11.3 Å². The lowest BCUT2D eigenvalue weighted by atomic mass is 9.92. The number of sulfonamides is 1. The van der Waals surface area contributed by atoms with Gasteiger partial charge < -0.3 is 5.11 Å². The second-order valence-electron chi connectivity index (χ2n) is 5.19. The number of hydrogen-bond donors (Lipinski definition) is 2. The predicted molar refractivity (Wildman–Crippen MR) is 80.9 cm³/mol. The zero-order chi connectivity index (χ0) is 19.8. The molecule has 1 atom stereocenters. The van der Waals surface area contributed by atoms with E-state index in [1.165, 1.54) is 11.4 Å². The van der Waals surface area contributed by atoms with Crippen molar-refractivity contribution in [3.8, 4) is 0 Å².